The van der Waals surface area contributed by atoms with Crippen molar-refractivity contribution in [3.8, 4) is 5.75 Å². The Kier molecular flexibility index (Phi) is 3.37. The number of hydrogen-bond acceptors (Lipinski definition) is 2. The predicted octanol–water partition coefficient (Wildman–Crippen LogP) is 3.75. The highest BCUT2D eigenvalue weighted by Crippen LogP contribution is 2.54. The van der Waals surface area contributed by atoms with E-state index in [2.05, 4.69) is 40.4 Å². The van der Waals surface area contributed by atoms with Gasteiger partial charge >= 0.3 is 0 Å². The minimum Gasteiger partial charge on any atom is -0.490 e. The van der Waals surface area contributed by atoms with E-state index in [1.807, 2.05) is 12.1 Å². The Labute approximate surface area is 117 Å². The Balaban J connectivity index is 1.72. The number of rotatable bonds is 3. The molecule has 3 heteroatoms. The van der Waals surface area contributed by atoms with E-state index in [4.69, 9.17) is 4.74 Å². The van der Waals surface area contributed by atoms with Crippen LogP contribution in [0.3, 0.4) is 0 Å². The maximum absolute atomic E-state index is 6.21. The first-order chi connectivity index (χ1) is 8.74. The van der Waals surface area contributed by atoms with Crippen LogP contribution in [0.1, 0.15) is 32.1 Å². The average molecular weight is 310 g/mol. The van der Waals surface area contributed by atoms with Gasteiger partial charge in [0.1, 0.15) is 11.9 Å². The lowest BCUT2D eigenvalue weighted by Crippen LogP contribution is -2.63. The summed E-state index contributed by atoms with van der Waals surface area (Å²) in [5.41, 5.74) is 0.405. The normalized spacial score (nSPS) is 29.2. The standard InChI is InChI=1S/C15H20BrNO/c1-17-13-10-14(15(13)8-2-3-9-15)18-12-6-4-11(16)5-7-12/h4-7,13-14,17H,2-3,8-10H2,1H3. The summed E-state index contributed by atoms with van der Waals surface area (Å²) in [6.45, 7) is 0. The van der Waals surface area contributed by atoms with Crippen LogP contribution in [0, 0.1) is 5.41 Å². The monoisotopic (exact) mass is 309 g/mol. The van der Waals surface area contributed by atoms with Crippen molar-refractivity contribution in [2.75, 3.05) is 7.05 Å². The third-order valence-electron chi connectivity index (χ3n) is 4.76. The van der Waals surface area contributed by atoms with Gasteiger partial charge in [-0.1, -0.05) is 28.8 Å². The Morgan fingerprint density at radius 1 is 1.22 bits per heavy atom. The van der Waals surface area contributed by atoms with E-state index in [-0.39, 0.29) is 0 Å². The molecule has 2 aliphatic carbocycles. The molecule has 2 saturated carbocycles. The summed E-state index contributed by atoms with van der Waals surface area (Å²) in [7, 11) is 2.08. The van der Waals surface area contributed by atoms with Crippen molar-refractivity contribution in [1.82, 2.24) is 5.32 Å². The first-order valence-corrected chi connectivity index (χ1v) is 7.63. The van der Waals surface area contributed by atoms with Crippen molar-refractivity contribution in [3.63, 3.8) is 0 Å². The third kappa shape index (κ3) is 1.97. The minimum absolute atomic E-state index is 0.402. The summed E-state index contributed by atoms with van der Waals surface area (Å²) in [5.74, 6) is 1.00. The van der Waals surface area contributed by atoms with Crippen LogP contribution < -0.4 is 10.1 Å². The molecule has 0 aliphatic heterocycles. The zero-order valence-electron chi connectivity index (χ0n) is 10.8. The van der Waals surface area contributed by atoms with Crippen LogP contribution in [0.5, 0.6) is 5.75 Å². The maximum Gasteiger partial charge on any atom is 0.119 e. The fourth-order valence-electron chi connectivity index (χ4n) is 3.70. The lowest BCUT2D eigenvalue weighted by atomic mass is 9.60. The molecule has 2 atom stereocenters. The summed E-state index contributed by atoms with van der Waals surface area (Å²) in [4.78, 5) is 0. The van der Waals surface area contributed by atoms with Gasteiger partial charge in [-0.15, -0.1) is 0 Å². The Morgan fingerprint density at radius 2 is 1.89 bits per heavy atom. The first kappa shape index (κ1) is 12.5. The molecule has 0 radical (unpaired) electrons. The van der Waals surface area contributed by atoms with Gasteiger partial charge in [0.2, 0.25) is 0 Å². The lowest BCUT2D eigenvalue weighted by Gasteiger charge is -2.53. The van der Waals surface area contributed by atoms with Crippen molar-refractivity contribution in [1.29, 1.82) is 0 Å². The second-order valence-corrected chi connectivity index (χ2v) is 6.49. The van der Waals surface area contributed by atoms with E-state index in [1.165, 1.54) is 25.7 Å². The van der Waals surface area contributed by atoms with Crippen LogP contribution in [0.4, 0.5) is 0 Å². The fraction of sp³-hybridized carbons (Fsp3) is 0.600. The van der Waals surface area contributed by atoms with Crippen LogP contribution in [0.25, 0.3) is 0 Å². The molecule has 0 bridgehead atoms. The third-order valence-corrected chi connectivity index (χ3v) is 5.29. The summed E-state index contributed by atoms with van der Waals surface area (Å²) >= 11 is 3.46. The van der Waals surface area contributed by atoms with Gasteiger partial charge in [0.15, 0.2) is 0 Å². The molecule has 1 spiro atoms. The molecule has 98 valence electrons. The number of nitrogens with one attached hydrogen (secondary N) is 1. The summed E-state index contributed by atoms with van der Waals surface area (Å²) < 4.78 is 7.32. The molecule has 18 heavy (non-hydrogen) atoms. The van der Waals surface area contributed by atoms with Crippen LogP contribution in [-0.2, 0) is 0 Å². The largest absolute Gasteiger partial charge is 0.490 e. The highest BCUT2D eigenvalue weighted by atomic mass is 79.9. The molecule has 1 aromatic carbocycles. The molecule has 0 amide bonds. The fourth-order valence-corrected chi connectivity index (χ4v) is 3.96. The molecule has 3 rings (SSSR count). The zero-order chi connectivity index (χ0) is 12.6. The molecule has 1 N–H and O–H groups in total. The topological polar surface area (TPSA) is 21.3 Å². The quantitative estimate of drug-likeness (QED) is 0.918. The SMILES string of the molecule is CNC1CC(Oc2ccc(Br)cc2)C12CCCC2. The highest BCUT2D eigenvalue weighted by molar-refractivity contribution is 9.10. The van der Waals surface area contributed by atoms with E-state index in [0.29, 0.717) is 17.6 Å². The number of hydrogen-bond donors (Lipinski definition) is 1. The average Bonchev–Trinajstić information content (AvgIpc) is 2.88. The Morgan fingerprint density at radius 3 is 2.50 bits per heavy atom. The van der Waals surface area contributed by atoms with Crippen molar-refractivity contribution in [3.05, 3.63) is 28.7 Å². The summed E-state index contributed by atoms with van der Waals surface area (Å²) in [6, 6.07) is 8.86. The minimum atomic E-state index is 0.402. The van der Waals surface area contributed by atoms with Gasteiger partial charge in [-0.3, -0.25) is 0 Å². The molecule has 2 aliphatic rings. The van der Waals surface area contributed by atoms with Gasteiger partial charge in [0.05, 0.1) is 0 Å². The van der Waals surface area contributed by atoms with Gasteiger partial charge in [-0.25, -0.2) is 0 Å². The Bertz CT molecular complexity index is 411. The molecular formula is C15H20BrNO. The van der Waals surface area contributed by atoms with E-state index >= 15 is 0 Å². The molecule has 0 aromatic heterocycles. The number of benzene rings is 1. The molecule has 2 nitrogen and oxygen atoms in total. The van der Waals surface area contributed by atoms with Crippen molar-refractivity contribution in [2.24, 2.45) is 5.41 Å². The van der Waals surface area contributed by atoms with Crippen LogP contribution in [0.2, 0.25) is 0 Å². The molecular weight excluding hydrogens is 290 g/mol. The molecule has 2 unspecified atom stereocenters. The highest BCUT2D eigenvalue weighted by Gasteiger charge is 2.56. The van der Waals surface area contributed by atoms with E-state index < -0.39 is 0 Å². The Hall–Kier alpha value is -0.540. The zero-order valence-corrected chi connectivity index (χ0v) is 12.4. The maximum atomic E-state index is 6.21. The van der Waals surface area contributed by atoms with Gasteiger partial charge < -0.3 is 10.1 Å². The van der Waals surface area contributed by atoms with E-state index in [9.17, 15) is 0 Å². The first-order valence-electron chi connectivity index (χ1n) is 6.84. The number of halogens is 1. The van der Waals surface area contributed by atoms with Crippen LogP contribution >= 0.6 is 15.9 Å². The van der Waals surface area contributed by atoms with E-state index in [1.54, 1.807) is 0 Å². The molecule has 2 fully saturated rings. The molecule has 1 aromatic rings. The van der Waals surface area contributed by atoms with Crippen molar-refractivity contribution in [2.45, 2.75) is 44.2 Å². The summed E-state index contributed by atoms with van der Waals surface area (Å²) in [6.07, 6.45) is 6.90. The second-order valence-electron chi connectivity index (χ2n) is 5.58. The van der Waals surface area contributed by atoms with Crippen LogP contribution in [0.15, 0.2) is 28.7 Å². The smallest absolute Gasteiger partial charge is 0.119 e. The van der Waals surface area contributed by atoms with Crippen LogP contribution in [-0.4, -0.2) is 19.2 Å². The molecule has 0 heterocycles. The molecule has 0 saturated heterocycles. The van der Waals surface area contributed by atoms with Gasteiger partial charge in [-0.2, -0.15) is 0 Å². The number of ether oxygens (including phenoxy) is 1. The van der Waals surface area contributed by atoms with Gasteiger partial charge in [0.25, 0.3) is 0 Å². The lowest BCUT2D eigenvalue weighted by molar-refractivity contribution is -0.0736. The van der Waals surface area contributed by atoms with Crippen molar-refractivity contribution < 1.29 is 4.74 Å². The van der Waals surface area contributed by atoms with Gasteiger partial charge in [-0.05, 0) is 44.2 Å². The van der Waals surface area contributed by atoms with Gasteiger partial charge in [0, 0.05) is 22.4 Å². The summed E-state index contributed by atoms with van der Waals surface area (Å²) in [5, 5.41) is 3.47. The van der Waals surface area contributed by atoms with E-state index in [0.717, 1.165) is 16.6 Å². The second kappa shape index (κ2) is 4.86. The predicted molar refractivity (Wildman–Crippen MR) is 76.9 cm³/mol. The van der Waals surface area contributed by atoms with Crippen molar-refractivity contribution >= 4 is 15.9 Å².